The summed E-state index contributed by atoms with van der Waals surface area (Å²) in [6, 6.07) is 0.844. The summed E-state index contributed by atoms with van der Waals surface area (Å²) in [5, 5.41) is 0. The highest BCUT2D eigenvalue weighted by Gasteiger charge is 2.36. The van der Waals surface area contributed by atoms with E-state index in [0.717, 1.165) is 18.9 Å². The van der Waals surface area contributed by atoms with Crippen LogP contribution in [-0.2, 0) is 13.3 Å². The smallest absolute Gasteiger partial charge is 0.377 e. The van der Waals surface area contributed by atoms with Crippen molar-refractivity contribution in [2.24, 2.45) is 11.5 Å². The molecule has 0 heterocycles. The summed E-state index contributed by atoms with van der Waals surface area (Å²) < 4.78 is 15.8. The third-order valence-corrected chi connectivity index (χ3v) is 5.13. The molecule has 0 aromatic carbocycles. The van der Waals surface area contributed by atoms with E-state index in [1.165, 1.54) is 0 Å². The number of hydrogen-bond acceptors (Lipinski definition) is 5. The van der Waals surface area contributed by atoms with Gasteiger partial charge in [0.05, 0.1) is 0 Å². The largest absolute Gasteiger partial charge is 0.500 e. The predicted octanol–water partition coefficient (Wildman–Crippen LogP) is 0.774. The van der Waals surface area contributed by atoms with Crippen LogP contribution in [-0.4, -0.2) is 42.7 Å². The Morgan fingerprint density at radius 2 is 1.50 bits per heavy atom. The molecule has 102 valence electrons. The molecule has 1 unspecified atom stereocenters. The quantitative estimate of drug-likeness (QED) is 0.647. The molecule has 0 saturated heterocycles. The standard InChI is InChI=1S/C8H22N2O3Si.2ClH/c1-11-14(12-2,13-3)6-4-5-8(10)7-9;;/h8H,4-7,9-10H2,1-3H3;2*1H. The second-order valence-corrected chi connectivity index (χ2v) is 6.27. The predicted molar refractivity (Wildman–Crippen MR) is 72.3 cm³/mol. The van der Waals surface area contributed by atoms with Gasteiger partial charge in [-0.3, -0.25) is 0 Å². The first-order chi connectivity index (χ1) is 6.64. The Hall–Kier alpha value is 0.597. The van der Waals surface area contributed by atoms with Crippen molar-refractivity contribution in [1.29, 1.82) is 0 Å². The van der Waals surface area contributed by atoms with Crippen LogP contribution in [0.1, 0.15) is 12.8 Å². The zero-order valence-electron chi connectivity index (χ0n) is 10.1. The number of halogens is 2. The van der Waals surface area contributed by atoms with Gasteiger partial charge in [0.1, 0.15) is 0 Å². The molecule has 0 amide bonds. The van der Waals surface area contributed by atoms with E-state index in [0.29, 0.717) is 6.54 Å². The molecule has 0 aromatic rings. The Balaban J connectivity index is -0.000000845. The molecule has 0 rings (SSSR count). The minimum atomic E-state index is -2.39. The fourth-order valence-electron chi connectivity index (χ4n) is 1.25. The molecule has 0 bridgehead atoms. The van der Waals surface area contributed by atoms with E-state index in [1.54, 1.807) is 21.3 Å². The lowest BCUT2D eigenvalue weighted by Gasteiger charge is -2.24. The van der Waals surface area contributed by atoms with Crippen LogP contribution in [0.4, 0.5) is 0 Å². The highest BCUT2D eigenvalue weighted by molar-refractivity contribution is 6.60. The van der Waals surface area contributed by atoms with E-state index in [-0.39, 0.29) is 30.9 Å². The SMILES string of the molecule is CO[Si](CCCC(N)CN)(OC)OC.Cl.Cl. The van der Waals surface area contributed by atoms with Crippen molar-refractivity contribution in [3.05, 3.63) is 0 Å². The number of rotatable bonds is 8. The van der Waals surface area contributed by atoms with Crippen molar-refractivity contribution in [3.63, 3.8) is 0 Å². The molecule has 16 heavy (non-hydrogen) atoms. The second kappa shape index (κ2) is 12.1. The van der Waals surface area contributed by atoms with Gasteiger partial charge in [0.25, 0.3) is 0 Å². The van der Waals surface area contributed by atoms with Crippen molar-refractivity contribution in [2.45, 2.75) is 24.9 Å². The van der Waals surface area contributed by atoms with E-state index < -0.39 is 8.80 Å². The first-order valence-corrected chi connectivity index (χ1v) is 6.68. The molecule has 0 aliphatic heterocycles. The van der Waals surface area contributed by atoms with Gasteiger partial charge < -0.3 is 24.7 Å². The van der Waals surface area contributed by atoms with E-state index in [1.807, 2.05) is 0 Å². The fraction of sp³-hybridized carbons (Fsp3) is 1.00. The Bertz CT molecular complexity index is 145. The van der Waals surface area contributed by atoms with Gasteiger partial charge >= 0.3 is 8.80 Å². The highest BCUT2D eigenvalue weighted by atomic mass is 35.5. The second-order valence-electron chi connectivity index (χ2n) is 3.18. The molecule has 0 radical (unpaired) electrons. The van der Waals surface area contributed by atoms with Crippen molar-refractivity contribution in [1.82, 2.24) is 0 Å². The van der Waals surface area contributed by atoms with Gasteiger partial charge in [-0.2, -0.15) is 0 Å². The van der Waals surface area contributed by atoms with E-state index >= 15 is 0 Å². The lowest BCUT2D eigenvalue weighted by atomic mass is 10.2. The molecule has 0 aliphatic rings. The third kappa shape index (κ3) is 7.80. The van der Waals surface area contributed by atoms with Crippen LogP contribution in [0.15, 0.2) is 0 Å². The van der Waals surface area contributed by atoms with Crippen molar-refractivity contribution >= 4 is 33.6 Å². The molecular formula is C8H24Cl2N2O3Si. The monoisotopic (exact) mass is 294 g/mol. The summed E-state index contributed by atoms with van der Waals surface area (Å²) in [6.07, 6.45) is 1.79. The summed E-state index contributed by atoms with van der Waals surface area (Å²) in [7, 11) is 2.45. The summed E-state index contributed by atoms with van der Waals surface area (Å²) in [5.74, 6) is 0. The molecular weight excluding hydrogens is 271 g/mol. The van der Waals surface area contributed by atoms with Crippen LogP contribution in [0.2, 0.25) is 6.04 Å². The Kier molecular flexibility index (Phi) is 16.5. The first-order valence-electron chi connectivity index (χ1n) is 4.75. The average molecular weight is 295 g/mol. The molecule has 0 aromatic heterocycles. The van der Waals surface area contributed by atoms with Crippen molar-refractivity contribution in [2.75, 3.05) is 27.9 Å². The maximum atomic E-state index is 5.69. The Morgan fingerprint density at radius 3 is 1.81 bits per heavy atom. The van der Waals surface area contributed by atoms with Gasteiger partial charge in [0, 0.05) is 40.0 Å². The van der Waals surface area contributed by atoms with Crippen molar-refractivity contribution < 1.29 is 13.3 Å². The highest BCUT2D eigenvalue weighted by Crippen LogP contribution is 2.16. The maximum Gasteiger partial charge on any atom is 0.500 e. The van der Waals surface area contributed by atoms with Crippen LogP contribution in [0.5, 0.6) is 0 Å². The normalized spacial score (nSPS) is 12.6. The molecule has 5 nitrogen and oxygen atoms in total. The Morgan fingerprint density at radius 1 is 1.06 bits per heavy atom. The van der Waals surface area contributed by atoms with E-state index in [2.05, 4.69) is 0 Å². The van der Waals surface area contributed by atoms with Gasteiger partial charge in [0.2, 0.25) is 0 Å². The minimum absolute atomic E-state index is 0. The average Bonchev–Trinajstić information content (AvgIpc) is 2.25. The van der Waals surface area contributed by atoms with Crippen LogP contribution >= 0.6 is 24.8 Å². The van der Waals surface area contributed by atoms with Gasteiger partial charge in [-0.25, -0.2) is 0 Å². The lowest BCUT2D eigenvalue weighted by molar-refractivity contribution is 0.122. The number of hydrogen-bond donors (Lipinski definition) is 2. The molecule has 0 spiro atoms. The Labute approximate surface area is 111 Å². The zero-order chi connectivity index (χ0) is 11.0. The molecule has 4 N–H and O–H groups in total. The summed E-state index contributed by atoms with van der Waals surface area (Å²) in [5.41, 5.74) is 11.1. The zero-order valence-corrected chi connectivity index (χ0v) is 12.7. The minimum Gasteiger partial charge on any atom is -0.377 e. The fourth-order valence-corrected chi connectivity index (χ4v) is 3.00. The third-order valence-electron chi connectivity index (χ3n) is 2.29. The van der Waals surface area contributed by atoms with Crippen molar-refractivity contribution in [3.8, 4) is 0 Å². The molecule has 0 fully saturated rings. The van der Waals surface area contributed by atoms with E-state index in [9.17, 15) is 0 Å². The van der Waals surface area contributed by atoms with Crippen LogP contribution in [0, 0.1) is 0 Å². The van der Waals surface area contributed by atoms with Gasteiger partial charge in [-0.1, -0.05) is 0 Å². The van der Waals surface area contributed by atoms with Crippen LogP contribution < -0.4 is 11.5 Å². The van der Waals surface area contributed by atoms with Crippen LogP contribution in [0.25, 0.3) is 0 Å². The molecule has 0 saturated carbocycles. The van der Waals surface area contributed by atoms with Crippen LogP contribution in [0.3, 0.4) is 0 Å². The van der Waals surface area contributed by atoms with Gasteiger partial charge in [-0.15, -0.1) is 24.8 Å². The maximum absolute atomic E-state index is 5.69. The summed E-state index contributed by atoms with van der Waals surface area (Å²) >= 11 is 0. The lowest BCUT2D eigenvalue weighted by Crippen LogP contribution is -2.43. The van der Waals surface area contributed by atoms with Gasteiger partial charge in [-0.05, 0) is 12.8 Å². The topological polar surface area (TPSA) is 79.7 Å². The summed E-state index contributed by atoms with van der Waals surface area (Å²) in [4.78, 5) is 0. The number of nitrogens with two attached hydrogens (primary N) is 2. The first kappa shape index (κ1) is 21.8. The van der Waals surface area contributed by atoms with E-state index in [4.69, 9.17) is 24.7 Å². The molecule has 1 atom stereocenters. The summed E-state index contributed by atoms with van der Waals surface area (Å²) in [6.45, 7) is 0.515. The van der Waals surface area contributed by atoms with Gasteiger partial charge in [0.15, 0.2) is 0 Å². The molecule has 0 aliphatic carbocycles. The molecule has 8 heteroatoms.